The summed E-state index contributed by atoms with van der Waals surface area (Å²) < 4.78 is 17.8. The van der Waals surface area contributed by atoms with Crippen LogP contribution in [-0.2, 0) is 33.4 Å². The van der Waals surface area contributed by atoms with Crippen LogP contribution in [0.25, 0.3) is 6.08 Å². The van der Waals surface area contributed by atoms with Gasteiger partial charge in [-0.15, -0.1) is 0 Å². The summed E-state index contributed by atoms with van der Waals surface area (Å²) in [4.78, 5) is 52.4. The van der Waals surface area contributed by atoms with Gasteiger partial charge in [-0.1, -0.05) is 63.8 Å². The Morgan fingerprint density at radius 2 is 1.73 bits per heavy atom. The van der Waals surface area contributed by atoms with E-state index >= 15 is 0 Å². The lowest BCUT2D eigenvalue weighted by Crippen LogP contribution is -2.55. The van der Waals surface area contributed by atoms with E-state index in [1.54, 1.807) is 13.0 Å². The van der Waals surface area contributed by atoms with E-state index in [9.17, 15) is 19.2 Å². The molecule has 3 aliphatic rings. The smallest absolute Gasteiger partial charge is 0.331 e. The zero-order chi connectivity index (χ0) is 29.4. The maximum Gasteiger partial charge on any atom is 0.331 e. The van der Waals surface area contributed by atoms with E-state index in [1.165, 1.54) is 19.9 Å². The molecule has 214 valence electrons. The number of hydrogen-bond donors (Lipinski definition) is 0. The number of rotatable bonds is 5. The van der Waals surface area contributed by atoms with Gasteiger partial charge in [0.25, 0.3) is 0 Å². The minimum atomic E-state index is -1.69. The maximum atomic E-state index is 14.3. The monoisotopic (exact) mass is 548 g/mol. The summed E-state index contributed by atoms with van der Waals surface area (Å²) >= 11 is 0. The molecule has 2 saturated carbocycles. The Bertz CT molecular complexity index is 1260. The van der Waals surface area contributed by atoms with Gasteiger partial charge in [0.2, 0.25) is 5.78 Å². The van der Waals surface area contributed by atoms with Crippen LogP contribution >= 0.6 is 0 Å². The lowest BCUT2D eigenvalue weighted by atomic mass is 9.76. The molecule has 0 heterocycles. The van der Waals surface area contributed by atoms with Crippen molar-refractivity contribution in [1.29, 1.82) is 0 Å². The molecule has 0 unspecified atom stereocenters. The van der Waals surface area contributed by atoms with Gasteiger partial charge in [0.05, 0.1) is 5.92 Å². The molecule has 7 heteroatoms. The van der Waals surface area contributed by atoms with Crippen LogP contribution in [0.3, 0.4) is 0 Å². The number of hydrogen-bond acceptors (Lipinski definition) is 7. The van der Waals surface area contributed by atoms with Crippen molar-refractivity contribution >= 4 is 29.8 Å². The van der Waals surface area contributed by atoms with Gasteiger partial charge in [-0.05, 0) is 65.7 Å². The van der Waals surface area contributed by atoms with Crippen molar-refractivity contribution in [3.63, 3.8) is 0 Å². The van der Waals surface area contributed by atoms with Crippen molar-refractivity contribution in [2.45, 2.75) is 78.6 Å². The average molecular weight is 549 g/mol. The molecule has 40 heavy (non-hydrogen) atoms. The number of carbonyl (C=O) groups is 4. The fraction of sp³-hybridized carbons (Fsp3) is 0.515. The maximum absolute atomic E-state index is 14.3. The Labute approximate surface area is 236 Å². The fourth-order valence-electron chi connectivity index (χ4n) is 6.93. The fourth-order valence-corrected chi connectivity index (χ4v) is 6.93. The number of ether oxygens (including phenoxy) is 3. The lowest BCUT2D eigenvalue weighted by molar-refractivity contribution is -0.181. The highest BCUT2D eigenvalue weighted by Gasteiger charge is 2.65. The van der Waals surface area contributed by atoms with Crippen molar-refractivity contribution in [2.75, 3.05) is 0 Å². The van der Waals surface area contributed by atoms with E-state index in [-0.39, 0.29) is 29.5 Å². The quantitative estimate of drug-likeness (QED) is 0.203. The molecule has 0 N–H and O–H groups in total. The summed E-state index contributed by atoms with van der Waals surface area (Å²) in [6, 6.07) is 9.33. The first kappa shape index (κ1) is 29.5. The van der Waals surface area contributed by atoms with Crippen LogP contribution in [0.4, 0.5) is 0 Å². The Balaban J connectivity index is 1.80. The van der Waals surface area contributed by atoms with Gasteiger partial charge in [0.1, 0.15) is 12.2 Å². The van der Waals surface area contributed by atoms with Gasteiger partial charge >= 0.3 is 17.9 Å². The second kappa shape index (κ2) is 11.2. The summed E-state index contributed by atoms with van der Waals surface area (Å²) in [5.41, 5.74) is 0.246. The molecule has 3 aliphatic carbocycles. The molecule has 1 aromatic rings. The van der Waals surface area contributed by atoms with Gasteiger partial charge in [0, 0.05) is 26.3 Å². The van der Waals surface area contributed by atoms with Crippen molar-refractivity contribution < 1.29 is 33.4 Å². The molecule has 1 aromatic carbocycles. The topological polar surface area (TPSA) is 96.0 Å². The first-order valence-electron chi connectivity index (χ1n) is 14.0. The molecular weight excluding hydrogens is 508 g/mol. The Morgan fingerprint density at radius 1 is 1.05 bits per heavy atom. The number of carbonyl (C=O) groups excluding carboxylic acids is 4. The third kappa shape index (κ3) is 5.70. The standard InChI is InChI=1S/C33H40O7/c1-19-13-15-25-26(32(25,6)7)17-20(2)31(37)33(40-23(5)35)18-21(3)30(28(33)29(19)38-22(4)34)39-27(36)16-14-24-11-9-8-10-12-24/h8-12,14,16-17,21,25-26,28-30H,1,13,15,18H2,2-7H3/b16-14+,20-17+/t21-,25-,26+,28-,29-,30-,33+/m0/s1. The minimum Gasteiger partial charge on any atom is -0.458 e. The summed E-state index contributed by atoms with van der Waals surface area (Å²) in [5.74, 6) is -2.98. The predicted molar refractivity (Wildman–Crippen MR) is 151 cm³/mol. The number of Topliss-reactive ketones (excluding diaryl/α,β-unsaturated/α-hetero) is 1. The van der Waals surface area contributed by atoms with Crippen molar-refractivity contribution in [3.05, 3.63) is 65.8 Å². The Morgan fingerprint density at radius 3 is 2.35 bits per heavy atom. The number of ketones is 1. The normalized spacial score (nSPS) is 34.5. The second-order valence-corrected chi connectivity index (χ2v) is 12.2. The molecule has 0 spiro atoms. The largest absolute Gasteiger partial charge is 0.458 e. The molecule has 2 fully saturated rings. The van der Waals surface area contributed by atoms with Gasteiger partial charge < -0.3 is 14.2 Å². The van der Waals surface area contributed by atoms with Gasteiger partial charge in [-0.2, -0.15) is 0 Å². The first-order valence-corrected chi connectivity index (χ1v) is 14.0. The number of fused-ring (bicyclic) bond motifs is 2. The van der Waals surface area contributed by atoms with E-state index in [2.05, 4.69) is 20.4 Å². The number of benzene rings is 1. The van der Waals surface area contributed by atoms with Crippen molar-refractivity contribution in [3.8, 4) is 0 Å². The van der Waals surface area contributed by atoms with Gasteiger partial charge in [-0.3, -0.25) is 14.4 Å². The molecular formula is C33H40O7. The average Bonchev–Trinajstić information content (AvgIpc) is 3.28. The molecule has 4 rings (SSSR count). The highest BCUT2D eigenvalue weighted by molar-refractivity contribution is 6.03. The van der Waals surface area contributed by atoms with Crippen LogP contribution in [0.15, 0.2) is 60.2 Å². The summed E-state index contributed by atoms with van der Waals surface area (Å²) in [5, 5.41) is 0. The molecule has 0 aliphatic heterocycles. The van der Waals surface area contributed by atoms with Crippen molar-refractivity contribution in [1.82, 2.24) is 0 Å². The third-order valence-corrected chi connectivity index (χ3v) is 8.98. The number of allylic oxidation sites excluding steroid dienone is 1. The van der Waals surface area contributed by atoms with E-state index in [1.807, 2.05) is 43.3 Å². The number of esters is 3. The van der Waals surface area contributed by atoms with E-state index in [4.69, 9.17) is 14.2 Å². The highest BCUT2D eigenvalue weighted by Crippen LogP contribution is 2.62. The zero-order valence-corrected chi connectivity index (χ0v) is 24.3. The summed E-state index contributed by atoms with van der Waals surface area (Å²) in [7, 11) is 0. The summed E-state index contributed by atoms with van der Waals surface area (Å²) in [6.07, 6.45) is 4.58. The van der Waals surface area contributed by atoms with Crippen LogP contribution < -0.4 is 0 Å². The van der Waals surface area contributed by atoms with Crippen LogP contribution in [0.5, 0.6) is 0 Å². The third-order valence-electron chi connectivity index (χ3n) is 8.98. The molecule has 7 nitrogen and oxygen atoms in total. The second-order valence-electron chi connectivity index (χ2n) is 12.2. The van der Waals surface area contributed by atoms with Crippen LogP contribution in [-0.4, -0.2) is 41.5 Å². The molecule has 0 radical (unpaired) electrons. The molecule has 0 saturated heterocycles. The summed E-state index contributed by atoms with van der Waals surface area (Å²) in [6.45, 7) is 14.8. The minimum absolute atomic E-state index is 0.0120. The van der Waals surface area contributed by atoms with Crippen LogP contribution in [0.1, 0.15) is 66.4 Å². The van der Waals surface area contributed by atoms with Gasteiger partial charge in [0.15, 0.2) is 5.60 Å². The SMILES string of the molecule is C=C1CC[C@H]2[C@@H](/C=C(\C)C(=O)[C@@]3(OC(C)=O)C[C@H](C)[C@H](OC(=O)/C=C/c4ccccc4)[C@@H]3[C@H]1OC(C)=O)C2(C)C. The highest BCUT2D eigenvalue weighted by atomic mass is 16.6. The van der Waals surface area contributed by atoms with E-state index in [0.29, 0.717) is 23.5 Å². The Hall–Kier alpha value is -3.48. The van der Waals surface area contributed by atoms with Gasteiger partial charge in [-0.25, -0.2) is 4.79 Å². The predicted octanol–water partition coefficient (Wildman–Crippen LogP) is 5.64. The molecule has 0 bridgehead atoms. The lowest BCUT2D eigenvalue weighted by Gasteiger charge is -2.39. The molecule has 0 amide bonds. The van der Waals surface area contributed by atoms with E-state index in [0.717, 1.165) is 12.0 Å². The molecule has 0 aromatic heterocycles. The first-order chi connectivity index (χ1) is 18.8. The van der Waals surface area contributed by atoms with E-state index < -0.39 is 41.6 Å². The Kier molecular flexibility index (Phi) is 8.25. The van der Waals surface area contributed by atoms with Crippen LogP contribution in [0.2, 0.25) is 0 Å². The van der Waals surface area contributed by atoms with Crippen molar-refractivity contribution in [2.24, 2.45) is 29.1 Å². The zero-order valence-electron chi connectivity index (χ0n) is 24.3. The molecule has 7 atom stereocenters. The van der Waals surface area contributed by atoms with Crippen LogP contribution in [0, 0.1) is 29.1 Å².